The fraction of sp³-hybridized carbons (Fsp3) is 0.875. The first-order chi connectivity index (χ1) is 11.2. The summed E-state index contributed by atoms with van der Waals surface area (Å²) in [6, 6.07) is 0. The van der Waals surface area contributed by atoms with Gasteiger partial charge in [-0.05, 0) is 19.3 Å². The van der Waals surface area contributed by atoms with E-state index in [4.69, 9.17) is 4.74 Å². The van der Waals surface area contributed by atoms with Gasteiger partial charge in [-0.15, -0.1) is 24.8 Å². The van der Waals surface area contributed by atoms with Crippen LogP contribution in [0.1, 0.15) is 19.3 Å². The number of hydrogen-bond donors (Lipinski definition) is 1. The van der Waals surface area contributed by atoms with Crippen molar-refractivity contribution < 1.29 is 14.3 Å². The molecule has 148 valence electrons. The smallest absolute Gasteiger partial charge is 0.236 e. The van der Waals surface area contributed by atoms with Crippen LogP contribution >= 0.6 is 24.8 Å². The largest absolute Gasteiger partial charge is 0.383 e. The number of piperidine rings is 1. The Labute approximate surface area is 163 Å². The SMILES string of the molecule is COCCNCC(=O)N1CCN(CC(=O)N2CCCCC2)CC1.Cl.Cl. The van der Waals surface area contributed by atoms with E-state index in [9.17, 15) is 9.59 Å². The Morgan fingerprint density at radius 2 is 1.48 bits per heavy atom. The Morgan fingerprint density at radius 1 is 0.880 bits per heavy atom. The van der Waals surface area contributed by atoms with Crippen molar-refractivity contribution >= 4 is 36.6 Å². The molecule has 2 aliphatic heterocycles. The lowest BCUT2D eigenvalue weighted by molar-refractivity contribution is -0.135. The number of halogens is 2. The molecule has 0 aromatic carbocycles. The summed E-state index contributed by atoms with van der Waals surface area (Å²) in [6.45, 7) is 6.94. The van der Waals surface area contributed by atoms with Gasteiger partial charge in [0.25, 0.3) is 0 Å². The molecular formula is C16H32Cl2N4O3. The Balaban J connectivity index is 0.00000288. The van der Waals surface area contributed by atoms with Crippen LogP contribution in [-0.4, -0.2) is 99.1 Å². The molecule has 0 atom stereocenters. The summed E-state index contributed by atoms with van der Waals surface area (Å²) < 4.78 is 4.94. The average Bonchev–Trinajstić information content (AvgIpc) is 2.60. The van der Waals surface area contributed by atoms with Crippen LogP contribution in [-0.2, 0) is 14.3 Å². The van der Waals surface area contributed by atoms with Crippen molar-refractivity contribution in [2.24, 2.45) is 0 Å². The maximum atomic E-state index is 12.3. The highest BCUT2D eigenvalue weighted by Crippen LogP contribution is 2.10. The number of rotatable bonds is 7. The van der Waals surface area contributed by atoms with Gasteiger partial charge in [-0.2, -0.15) is 0 Å². The van der Waals surface area contributed by atoms with Gasteiger partial charge in [-0.3, -0.25) is 14.5 Å². The fourth-order valence-corrected chi connectivity index (χ4v) is 3.07. The average molecular weight is 399 g/mol. The third-order valence-corrected chi connectivity index (χ3v) is 4.55. The van der Waals surface area contributed by atoms with Crippen LogP contribution in [0.2, 0.25) is 0 Å². The highest BCUT2D eigenvalue weighted by Gasteiger charge is 2.24. The predicted octanol–water partition coefficient (Wildman–Crippen LogP) is 0.223. The highest BCUT2D eigenvalue weighted by atomic mass is 35.5. The predicted molar refractivity (Wildman–Crippen MR) is 103 cm³/mol. The lowest BCUT2D eigenvalue weighted by Crippen LogP contribution is -2.53. The zero-order chi connectivity index (χ0) is 16.5. The Bertz CT molecular complexity index is 388. The van der Waals surface area contributed by atoms with Crippen LogP contribution in [0.4, 0.5) is 0 Å². The van der Waals surface area contributed by atoms with Gasteiger partial charge in [0.05, 0.1) is 19.7 Å². The molecule has 2 amide bonds. The quantitative estimate of drug-likeness (QED) is 0.621. The number of hydrogen-bond acceptors (Lipinski definition) is 5. The van der Waals surface area contributed by atoms with Crippen molar-refractivity contribution in [3.05, 3.63) is 0 Å². The molecule has 7 nitrogen and oxygen atoms in total. The fourth-order valence-electron chi connectivity index (χ4n) is 3.07. The summed E-state index contributed by atoms with van der Waals surface area (Å²) in [5.41, 5.74) is 0. The van der Waals surface area contributed by atoms with Crippen molar-refractivity contribution in [1.29, 1.82) is 0 Å². The molecule has 0 unspecified atom stereocenters. The normalized spacial score (nSPS) is 18.3. The second kappa shape index (κ2) is 13.6. The van der Waals surface area contributed by atoms with Crippen molar-refractivity contribution in [3.63, 3.8) is 0 Å². The van der Waals surface area contributed by atoms with Gasteiger partial charge in [-0.1, -0.05) is 0 Å². The third kappa shape index (κ3) is 8.55. The topological polar surface area (TPSA) is 65.1 Å². The number of amides is 2. The molecule has 0 spiro atoms. The van der Waals surface area contributed by atoms with E-state index in [1.807, 2.05) is 9.80 Å². The number of carbonyl (C=O) groups excluding carboxylic acids is 2. The van der Waals surface area contributed by atoms with Gasteiger partial charge in [0.2, 0.25) is 11.8 Å². The molecule has 0 aromatic rings. The zero-order valence-electron chi connectivity index (χ0n) is 15.1. The van der Waals surface area contributed by atoms with Gasteiger partial charge in [-0.25, -0.2) is 0 Å². The molecule has 2 aliphatic rings. The van der Waals surface area contributed by atoms with Gasteiger partial charge in [0.15, 0.2) is 0 Å². The van der Waals surface area contributed by atoms with E-state index in [1.165, 1.54) is 6.42 Å². The summed E-state index contributed by atoms with van der Waals surface area (Å²) in [6.07, 6.45) is 3.50. The molecule has 2 fully saturated rings. The van der Waals surface area contributed by atoms with Crippen LogP contribution in [0, 0.1) is 0 Å². The van der Waals surface area contributed by atoms with Crippen molar-refractivity contribution in [3.8, 4) is 0 Å². The summed E-state index contributed by atoms with van der Waals surface area (Å²) in [5, 5.41) is 3.08. The molecule has 0 radical (unpaired) electrons. The highest BCUT2D eigenvalue weighted by molar-refractivity contribution is 5.85. The van der Waals surface area contributed by atoms with E-state index < -0.39 is 0 Å². The number of methoxy groups -OCH3 is 1. The number of piperazine rings is 1. The summed E-state index contributed by atoms with van der Waals surface area (Å²) in [4.78, 5) is 30.4. The van der Waals surface area contributed by atoms with Gasteiger partial charge < -0.3 is 19.9 Å². The molecule has 1 N–H and O–H groups in total. The van der Waals surface area contributed by atoms with Crippen LogP contribution in [0.15, 0.2) is 0 Å². The number of nitrogens with one attached hydrogen (secondary N) is 1. The molecule has 0 saturated carbocycles. The van der Waals surface area contributed by atoms with Crippen LogP contribution < -0.4 is 5.32 Å². The lowest BCUT2D eigenvalue weighted by Gasteiger charge is -2.36. The third-order valence-electron chi connectivity index (χ3n) is 4.55. The molecule has 0 bridgehead atoms. The molecule has 0 aliphatic carbocycles. The van der Waals surface area contributed by atoms with E-state index >= 15 is 0 Å². The molecule has 9 heteroatoms. The summed E-state index contributed by atoms with van der Waals surface area (Å²) in [5.74, 6) is 0.369. The van der Waals surface area contributed by atoms with E-state index in [0.29, 0.717) is 39.3 Å². The number of nitrogens with zero attached hydrogens (tertiary/aromatic N) is 3. The van der Waals surface area contributed by atoms with Gasteiger partial charge in [0, 0.05) is 52.9 Å². The van der Waals surface area contributed by atoms with E-state index in [-0.39, 0.29) is 36.6 Å². The molecular weight excluding hydrogens is 367 g/mol. The monoisotopic (exact) mass is 398 g/mol. The Kier molecular flexibility index (Phi) is 13.3. The summed E-state index contributed by atoms with van der Waals surface area (Å²) in [7, 11) is 1.65. The first kappa shape index (κ1) is 24.4. The van der Waals surface area contributed by atoms with Crippen molar-refractivity contribution in [2.45, 2.75) is 19.3 Å². The summed E-state index contributed by atoms with van der Waals surface area (Å²) >= 11 is 0. The first-order valence-electron chi connectivity index (χ1n) is 8.68. The first-order valence-corrected chi connectivity index (χ1v) is 8.68. The maximum Gasteiger partial charge on any atom is 0.236 e. The zero-order valence-corrected chi connectivity index (χ0v) is 16.7. The number of likely N-dealkylation sites (tertiary alicyclic amines) is 1. The minimum Gasteiger partial charge on any atom is -0.383 e. The second-order valence-electron chi connectivity index (χ2n) is 6.27. The number of carbonyl (C=O) groups is 2. The van der Waals surface area contributed by atoms with E-state index in [1.54, 1.807) is 7.11 Å². The van der Waals surface area contributed by atoms with Crippen LogP contribution in [0.25, 0.3) is 0 Å². The second-order valence-corrected chi connectivity index (χ2v) is 6.27. The molecule has 0 aromatic heterocycles. The van der Waals surface area contributed by atoms with Crippen molar-refractivity contribution in [1.82, 2.24) is 20.0 Å². The number of ether oxygens (including phenoxy) is 1. The van der Waals surface area contributed by atoms with Crippen LogP contribution in [0.5, 0.6) is 0 Å². The molecule has 25 heavy (non-hydrogen) atoms. The lowest BCUT2D eigenvalue weighted by atomic mass is 10.1. The van der Waals surface area contributed by atoms with Crippen LogP contribution in [0.3, 0.4) is 0 Å². The van der Waals surface area contributed by atoms with Gasteiger partial charge in [0.1, 0.15) is 0 Å². The minimum atomic E-state index is 0. The standard InChI is InChI=1S/C16H30N4O3.2ClH/c1-23-12-5-17-13-15(21)20-10-8-18(9-11-20)14-16(22)19-6-3-2-4-7-19;;/h17H,2-14H2,1H3;2*1H. The van der Waals surface area contributed by atoms with Gasteiger partial charge >= 0.3 is 0 Å². The minimum absolute atomic E-state index is 0. The molecule has 2 rings (SSSR count). The Hall–Kier alpha value is -0.600. The Morgan fingerprint density at radius 3 is 2.08 bits per heavy atom. The molecule has 2 saturated heterocycles. The van der Waals surface area contributed by atoms with E-state index in [2.05, 4.69) is 10.2 Å². The molecule has 2 heterocycles. The van der Waals surface area contributed by atoms with Crippen molar-refractivity contribution in [2.75, 3.05) is 72.6 Å². The van der Waals surface area contributed by atoms with E-state index in [0.717, 1.165) is 39.0 Å². The maximum absolute atomic E-state index is 12.3.